The Hall–Kier alpha value is -3.71. The first-order chi connectivity index (χ1) is 20.6. The first-order valence-corrected chi connectivity index (χ1v) is 15.1. The zero-order valence-electron chi connectivity index (χ0n) is 22.8. The lowest BCUT2D eigenvalue weighted by Gasteiger charge is -2.36. The fourth-order valence-electron chi connectivity index (χ4n) is 6.74. The van der Waals surface area contributed by atoms with E-state index in [1.165, 1.54) is 29.5 Å². The largest absolute Gasteiger partial charge is 0.573 e. The number of alkyl halides is 3. The Balaban J connectivity index is 1.06. The molecule has 0 aliphatic heterocycles. The zero-order chi connectivity index (χ0) is 29.9. The van der Waals surface area contributed by atoms with E-state index in [4.69, 9.17) is 4.52 Å². The number of halogens is 4. The van der Waals surface area contributed by atoms with E-state index in [9.17, 15) is 27.5 Å². The second-order valence-electron chi connectivity index (χ2n) is 11.6. The van der Waals surface area contributed by atoms with E-state index < -0.39 is 18.1 Å². The van der Waals surface area contributed by atoms with Gasteiger partial charge < -0.3 is 25.0 Å². The number of fused-ring (bicyclic) bond motifs is 3. The number of anilines is 1. The fraction of sp³-hybridized carbons (Fsp3) is 0.433. The van der Waals surface area contributed by atoms with Gasteiger partial charge in [-0.1, -0.05) is 28.6 Å². The highest BCUT2D eigenvalue weighted by molar-refractivity contribution is 7.22. The van der Waals surface area contributed by atoms with Crippen molar-refractivity contribution in [3.63, 3.8) is 0 Å². The van der Waals surface area contributed by atoms with E-state index in [1.54, 1.807) is 12.1 Å². The normalized spacial score (nSPS) is 23.5. The van der Waals surface area contributed by atoms with Gasteiger partial charge in [0.1, 0.15) is 22.7 Å². The molecule has 3 aliphatic carbocycles. The van der Waals surface area contributed by atoms with Crippen LogP contribution in [0.5, 0.6) is 5.75 Å². The number of para-hydroxylation sites is 1. The van der Waals surface area contributed by atoms with Crippen LogP contribution in [0.4, 0.5) is 22.7 Å². The molecule has 2 aromatic carbocycles. The van der Waals surface area contributed by atoms with Crippen LogP contribution >= 0.6 is 11.3 Å². The van der Waals surface area contributed by atoms with Gasteiger partial charge in [0.25, 0.3) is 0 Å². The van der Waals surface area contributed by atoms with Gasteiger partial charge >= 0.3 is 12.3 Å². The molecule has 226 valence electrons. The van der Waals surface area contributed by atoms with Gasteiger partial charge in [0, 0.05) is 35.7 Å². The summed E-state index contributed by atoms with van der Waals surface area (Å²) < 4.78 is 64.3. The van der Waals surface area contributed by atoms with Gasteiger partial charge in [-0.2, -0.15) is 0 Å². The maximum absolute atomic E-state index is 14.5. The second kappa shape index (κ2) is 10.8. The van der Waals surface area contributed by atoms with Crippen molar-refractivity contribution in [2.45, 2.75) is 69.4 Å². The minimum atomic E-state index is -4.83. The van der Waals surface area contributed by atoms with E-state index >= 15 is 0 Å². The molecule has 3 fully saturated rings. The lowest BCUT2D eigenvalue weighted by molar-refractivity contribution is -0.274. The van der Waals surface area contributed by atoms with E-state index in [0.717, 1.165) is 55.9 Å². The molecule has 43 heavy (non-hydrogen) atoms. The summed E-state index contributed by atoms with van der Waals surface area (Å²) in [5.41, 5.74) is 1.43. The predicted molar refractivity (Wildman–Crippen MR) is 151 cm³/mol. The van der Waals surface area contributed by atoms with Crippen molar-refractivity contribution in [2.24, 2.45) is 11.8 Å². The molecule has 2 aromatic heterocycles. The number of aromatic carboxylic acids is 1. The van der Waals surface area contributed by atoms with Crippen molar-refractivity contribution in [3.05, 3.63) is 59.1 Å². The lowest BCUT2D eigenvalue weighted by atomic mass is 9.81. The number of hydrogen-bond acceptors (Lipinski definition) is 8. The number of thiazole rings is 1. The Labute approximate surface area is 247 Å². The van der Waals surface area contributed by atoms with Crippen molar-refractivity contribution in [1.82, 2.24) is 15.5 Å². The molecule has 3 N–H and O–H groups in total. The summed E-state index contributed by atoms with van der Waals surface area (Å²) in [6.45, 7) is 0.413. The van der Waals surface area contributed by atoms with Crippen LogP contribution < -0.4 is 15.4 Å². The molecule has 7 rings (SSSR count). The summed E-state index contributed by atoms with van der Waals surface area (Å²) in [5.74, 6) is -0.505. The highest BCUT2D eigenvalue weighted by Crippen LogP contribution is 2.47. The molecule has 3 aliphatic rings. The molecule has 13 heteroatoms. The minimum absolute atomic E-state index is 0.107. The molecule has 0 amide bonds. The van der Waals surface area contributed by atoms with Crippen LogP contribution in [0, 0.1) is 17.7 Å². The summed E-state index contributed by atoms with van der Waals surface area (Å²) in [6.07, 6.45) is 0.943. The van der Waals surface area contributed by atoms with Gasteiger partial charge in [-0.15, -0.1) is 13.2 Å². The summed E-state index contributed by atoms with van der Waals surface area (Å²) in [6, 6.07) is 8.78. The average molecular weight is 617 g/mol. The fourth-order valence-corrected chi connectivity index (χ4v) is 7.71. The Morgan fingerprint density at radius 1 is 1.12 bits per heavy atom. The monoisotopic (exact) mass is 616 g/mol. The molecule has 3 saturated carbocycles. The van der Waals surface area contributed by atoms with Crippen LogP contribution in [0.1, 0.15) is 66.1 Å². The summed E-state index contributed by atoms with van der Waals surface area (Å²) in [4.78, 5) is 15.7. The van der Waals surface area contributed by atoms with Gasteiger partial charge in [-0.3, -0.25) is 0 Å². The van der Waals surface area contributed by atoms with E-state index in [-0.39, 0.29) is 40.4 Å². The smallest absolute Gasteiger partial charge is 0.478 e. The maximum atomic E-state index is 14.5. The Kier molecular flexibility index (Phi) is 7.04. The average Bonchev–Trinajstić information content (AvgIpc) is 3.51. The molecule has 4 aromatic rings. The van der Waals surface area contributed by atoms with E-state index in [2.05, 4.69) is 25.5 Å². The maximum Gasteiger partial charge on any atom is 0.573 e. The van der Waals surface area contributed by atoms with Crippen molar-refractivity contribution < 1.29 is 36.7 Å². The Morgan fingerprint density at radius 3 is 2.56 bits per heavy atom. The number of carboxylic acid groups (broad SMARTS) is 1. The van der Waals surface area contributed by atoms with Crippen LogP contribution in [-0.2, 0) is 6.54 Å². The van der Waals surface area contributed by atoms with Crippen LogP contribution in [0.2, 0.25) is 0 Å². The van der Waals surface area contributed by atoms with E-state index in [0.29, 0.717) is 33.9 Å². The molecule has 2 bridgehead atoms. The van der Waals surface area contributed by atoms with Crippen LogP contribution in [0.15, 0.2) is 40.9 Å². The standard InChI is InChI=1S/C30H28F4N4O4S/c31-21-11-17(28(39)40)12-23-26(21)37-29(43-23)36-24-15-7-8-16(24)10-18(9-15)35-13-20-25(38-42-27(20)14-5-6-14)19-3-1-2-4-22(19)41-30(32,33)34/h1-4,11-12,14-16,18,24,35H,5-10,13H2,(H,36,37)(H,39,40). The highest BCUT2D eigenvalue weighted by Gasteiger charge is 2.43. The van der Waals surface area contributed by atoms with Gasteiger partial charge in [-0.25, -0.2) is 14.2 Å². The zero-order valence-corrected chi connectivity index (χ0v) is 23.6. The third-order valence-corrected chi connectivity index (χ3v) is 9.72. The molecule has 8 nitrogen and oxygen atoms in total. The number of benzene rings is 2. The number of nitrogens with one attached hydrogen (secondary N) is 2. The minimum Gasteiger partial charge on any atom is -0.478 e. The lowest BCUT2D eigenvalue weighted by Crippen LogP contribution is -2.44. The third-order valence-electron chi connectivity index (χ3n) is 8.79. The summed E-state index contributed by atoms with van der Waals surface area (Å²) >= 11 is 1.25. The van der Waals surface area contributed by atoms with Crippen LogP contribution in [-0.4, -0.2) is 39.7 Å². The predicted octanol–water partition coefficient (Wildman–Crippen LogP) is 7.32. The topological polar surface area (TPSA) is 110 Å². The molecule has 0 spiro atoms. The van der Waals surface area contributed by atoms with Crippen molar-refractivity contribution in [2.75, 3.05) is 5.32 Å². The quantitative estimate of drug-likeness (QED) is 0.168. The second-order valence-corrected chi connectivity index (χ2v) is 12.7. The summed E-state index contributed by atoms with van der Waals surface area (Å²) in [5, 5.41) is 21.2. The molecule has 0 saturated heterocycles. The molecule has 0 radical (unpaired) electrons. The van der Waals surface area contributed by atoms with Crippen molar-refractivity contribution in [1.29, 1.82) is 0 Å². The molecule has 2 atom stereocenters. The molecule has 2 heterocycles. The third kappa shape index (κ3) is 5.67. The Bertz CT molecular complexity index is 1670. The van der Waals surface area contributed by atoms with Gasteiger partial charge in [0.2, 0.25) is 0 Å². The molecular weight excluding hydrogens is 588 g/mol. The number of aromatic nitrogens is 2. The van der Waals surface area contributed by atoms with E-state index in [1.807, 2.05) is 0 Å². The van der Waals surface area contributed by atoms with Gasteiger partial charge in [0.15, 0.2) is 10.9 Å². The number of hydrogen-bond donors (Lipinski definition) is 3. The summed E-state index contributed by atoms with van der Waals surface area (Å²) in [7, 11) is 0. The van der Waals surface area contributed by atoms with Gasteiger partial charge in [0.05, 0.1) is 10.3 Å². The molecule has 2 unspecified atom stereocenters. The first-order valence-electron chi connectivity index (χ1n) is 14.3. The number of carboxylic acids is 1. The molecular formula is C30H28F4N4O4S. The van der Waals surface area contributed by atoms with Gasteiger partial charge in [-0.05, 0) is 74.6 Å². The van der Waals surface area contributed by atoms with Crippen LogP contribution in [0.3, 0.4) is 0 Å². The number of ether oxygens (including phenoxy) is 1. The number of rotatable bonds is 9. The van der Waals surface area contributed by atoms with Crippen molar-refractivity contribution >= 4 is 32.7 Å². The number of carbonyl (C=O) groups is 1. The highest BCUT2D eigenvalue weighted by atomic mass is 32.1. The van der Waals surface area contributed by atoms with Crippen LogP contribution in [0.25, 0.3) is 21.5 Å². The first kappa shape index (κ1) is 28.1. The SMILES string of the molecule is O=C(O)c1cc(F)c2nc(NC3C4CCC3CC(NCc3c(-c5ccccc5OC(F)(F)F)noc3C3CC3)C4)sc2c1. The van der Waals surface area contributed by atoms with Crippen molar-refractivity contribution in [3.8, 4) is 17.0 Å². The Morgan fingerprint density at radius 2 is 1.86 bits per heavy atom. The number of nitrogens with zero attached hydrogens (tertiary/aromatic N) is 2.